The molecule has 1 aliphatic heterocycles. The number of halogens is 1. The number of aromatic amines is 1. The van der Waals surface area contributed by atoms with Crippen LogP contribution in [0.15, 0.2) is 16.9 Å². The highest BCUT2D eigenvalue weighted by Gasteiger charge is 2.17. The summed E-state index contributed by atoms with van der Waals surface area (Å²) in [5, 5.41) is 0. The normalized spacial score (nSPS) is 15.7. The second-order valence-electron chi connectivity index (χ2n) is 4.93. The van der Waals surface area contributed by atoms with E-state index in [-0.39, 0.29) is 16.9 Å². The smallest absolute Gasteiger partial charge is 0.270 e. The van der Waals surface area contributed by atoms with E-state index < -0.39 is 0 Å². The number of hydrogen-bond acceptors (Lipinski definition) is 3. The van der Waals surface area contributed by atoms with Crippen LogP contribution in [0.25, 0.3) is 11.0 Å². The van der Waals surface area contributed by atoms with Crippen LogP contribution < -0.4 is 5.56 Å². The number of rotatable bonds is 3. The lowest BCUT2D eigenvalue weighted by atomic mass is 10.1. The number of benzene rings is 1. The fourth-order valence-corrected chi connectivity index (χ4v) is 2.35. The molecule has 100 valence electrons. The summed E-state index contributed by atoms with van der Waals surface area (Å²) in [5.41, 5.74) is 1.51. The average molecular weight is 261 g/mol. The minimum atomic E-state index is -0.350. The van der Waals surface area contributed by atoms with E-state index >= 15 is 0 Å². The summed E-state index contributed by atoms with van der Waals surface area (Å²) in [4.78, 5) is 20.7. The Kier molecular flexibility index (Phi) is 3.06. The van der Waals surface area contributed by atoms with Gasteiger partial charge in [-0.2, -0.15) is 0 Å². The Bertz CT molecular complexity index is 676. The standard InChI is InChI=1S/C14H16FN3O/c1-2-10-14(19)17-13-11(16-10)5-4-9(12(13)15)8-18-6-3-7-18/h4-5H,2-3,6-8H2,1H3,(H,17,19). The van der Waals surface area contributed by atoms with Crippen LogP contribution in [0.4, 0.5) is 4.39 Å². The van der Waals surface area contributed by atoms with E-state index in [0.29, 0.717) is 29.7 Å². The Hall–Kier alpha value is -1.75. The number of aromatic nitrogens is 2. The van der Waals surface area contributed by atoms with E-state index in [0.717, 1.165) is 13.1 Å². The molecule has 2 heterocycles. The second-order valence-corrected chi connectivity index (χ2v) is 4.93. The van der Waals surface area contributed by atoms with Crippen LogP contribution >= 0.6 is 0 Å². The molecule has 0 atom stereocenters. The van der Waals surface area contributed by atoms with Crippen molar-refractivity contribution in [1.29, 1.82) is 0 Å². The van der Waals surface area contributed by atoms with Gasteiger partial charge in [0.2, 0.25) is 0 Å². The van der Waals surface area contributed by atoms with Crippen LogP contribution in [0, 0.1) is 5.82 Å². The topological polar surface area (TPSA) is 49.0 Å². The van der Waals surface area contributed by atoms with Crippen LogP contribution in [0.5, 0.6) is 0 Å². The van der Waals surface area contributed by atoms with E-state index in [2.05, 4.69) is 14.9 Å². The van der Waals surface area contributed by atoms with Crippen molar-refractivity contribution in [2.75, 3.05) is 13.1 Å². The van der Waals surface area contributed by atoms with Crippen molar-refractivity contribution >= 4 is 11.0 Å². The minimum Gasteiger partial charge on any atom is -0.317 e. The number of aryl methyl sites for hydroxylation is 1. The maximum Gasteiger partial charge on any atom is 0.270 e. The summed E-state index contributed by atoms with van der Waals surface area (Å²) in [6.45, 7) is 4.49. The molecule has 1 saturated heterocycles. The largest absolute Gasteiger partial charge is 0.317 e. The van der Waals surface area contributed by atoms with E-state index in [1.54, 1.807) is 12.1 Å². The van der Waals surface area contributed by atoms with Crippen LogP contribution in [-0.2, 0) is 13.0 Å². The van der Waals surface area contributed by atoms with E-state index in [9.17, 15) is 9.18 Å². The van der Waals surface area contributed by atoms with Crippen LogP contribution in [0.2, 0.25) is 0 Å². The SMILES string of the molecule is CCc1nc2ccc(CN3CCC3)c(F)c2[nH]c1=O. The lowest BCUT2D eigenvalue weighted by Crippen LogP contribution is -2.36. The third-order valence-electron chi connectivity index (χ3n) is 3.63. The molecule has 0 bridgehead atoms. The number of likely N-dealkylation sites (tertiary alicyclic amines) is 1. The zero-order valence-corrected chi connectivity index (χ0v) is 10.9. The van der Waals surface area contributed by atoms with Crippen LogP contribution in [0.1, 0.15) is 24.6 Å². The maximum absolute atomic E-state index is 14.4. The molecule has 1 N–H and O–H groups in total. The fourth-order valence-electron chi connectivity index (χ4n) is 2.35. The van der Waals surface area contributed by atoms with E-state index in [1.165, 1.54) is 6.42 Å². The molecule has 1 aliphatic rings. The molecule has 19 heavy (non-hydrogen) atoms. The van der Waals surface area contributed by atoms with Gasteiger partial charge < -0.3 is 4.98 Å². The molecule has 1 aromatic carbocycles. The predicted octanol–water partition coefficient (Wildman–Crippen LogP) is 1.83. The number of fused-ring (bicyclic) bond motifs is 1. The molecule has 0 unspecified atom stereocenters. The summed E-state index contributed by atoms with van der Waals surface area (Å²) in [6, 6.07) is 3.55. The van der Waals surface area contributed by atoms with Gasteiger partial charge in [-0.3, -0.25) is 9.69 Å². The maximum atomic E-state index is 14.4. The van der Waals surface area contributed by atoms with Gasteiger partial charge in [-0.05, 0) is 32.0 Å². The molecule has 0 spiro atoms. The lowest BCUT2D eigenvalue weighted by molar-refractivity contribution is 0.170. The summed E-state index contributed by atoms with van der Waals surface area (Å²) in [6.07, 6.45) is 1.72. The van der Waals surface area contributed by atoms with Crippen molar-refractivity contribution in [1.82, 2.24) is 14.9 Å². The molecule has 1 fully saturated rings. The number of hydrogen-bond donors (Lipinski definition) is 1. The van der Waals surface area contributed by atoms with Crippen molar-refractivity contribution in [3.8, 4) is 0 Å². The Morgan fingerprint density at radius 3 is 2.84 bits per heavy atom. The molecule has 5 heteroatoms. The van der Waals surface area contributed by atoms with Crippen molar-refractivity contribution in [3.63, 3.8) is 0 Å². The Balaban J connectivity index is 2.07. The molecule has 0 radical (unpaired) electrons. The Labute approximate surface area is 110 Å². The quantitative estimate of drug-likeness (QED) is 0.917. The molecular formula is C14H16FN3O. The lowest BCUT2D eigenvalue weighted by Gasteiger charge is -2.30. The molecule has 2 aromatic rings. The van der Waals surface area contributed by atoms with Crippen molar-refractivity contribution in [2.45, 2.75) is 26.3 Å². The third-order valence-corrected chi connectivity index (χ3v) is 3.63. The van der Waals surface area contributed by atoms with Crippen LogP contribution in [-0.4, -0.2) is 28.0 Å². The van der Waals surface area contributed by atoms with Gasteiger partial charge in [0.25, 0.3) is 5.56 Å². The molecule has 3 rings (SSSR count). The minimum absolute atomic E-state index is 0.222. The Morgan fingerprint density at radius 2 is 2.21 bits per heavy atom. The van der Waals surface area contributed by atoms with Gasteiger partial charge in [-0.25, -0.2) is 9.37 Å². The molecule has 1 aromatic heterocycles. The van der Waals surface area contributed by atoms with Crippen molar-refractivity contribution < 1.29 is 4.39 Å². The summed E-state index contributed by atoms with van der Waals surface area (Å²) < 4.78 is 14.4. The van der Waals surface area contributed by atoms with Crippen molar-refractivity contribution in [3.05, 3.63) is 39.6 Å². The predicted molar refractivity (Wildman–Crippen MR) is 71.6 cm³/mol. The summed E-state index contributed by atoms with van der Waals surface area (Å²) in [5.74, 6) is -0.350. The fraction of sp³-hybridized carbons (Fsp3) is 0.429. The first-order chi connectivity index (χ1) is 9.19. The first-order valence-electron chi connectivity index (χ1n) is 6.61. The molecule has 0 saturated carbocycles. The second kappa shape index (κ2) is 4.74. The highest BCUT2D eigenvalue weighted by atomic mass is 19.1. The Morgan fingerprint density at radius 1 is 1.42 bits per heavy atom. The van der Waals surface area contributed by atoms with Crippen molar-refractivity contribution in [2.24, 2.45) is 0 Å². The van der Waals surface area contributed by atoms with Gasteiger partial charge in [0.15, 0.2) is 5.82 Å². The third kappa shape index (κ3) is 2.14. The summed E-state index contributed by atoms with van der Waals surface area (Å²) >= 11 is 0. The van der Waals surface area contributed by atoms with Gasteiger partial charge in [0.05, 0.1) is 5.52 Å². The molecular weight excluding hydrogens is 245 g/mol. The zero-order chi connectivity index (χ0) is 13.4. The van der Waals surface area contributed by atoms with Gasteiger partial charge in [0.1, 0.15) is 11.2 Å². The van der Waals surface area contributed by atoms with Gasteiger partial charge in [-0.1, -0.05) is 13.0 Å². The van der Waals surface area contributed by atoms with E-state index in [4.69, 9.17) is 0 Å². The monoisotopic (exact) mass is 261 g/mol. The summed E-state index contributed by atoms with van der Waals surface area (Å²) in [7, 11) is 0. The first-order valence-corrected chi connectivity index (χ1v) is 6.61. The van der Waals surface area contributed by atoms with Gasteiger partial charge in [0, 0.05) is 12.1 Å². The highest BCUT2D eigenvalue weighted by Crippen LogP contribution is 2.20. The van der Waals surface area contributed by atoms with Gasteiger partial charge >= 0.3 is 0 Å². The first kappa shape index (κ1) is 12.3. The number of H-pyrrole nitrogens is 1. The molecule has 0 aliphatic carbocycles. The average Bonchev–Trinajstić information content (AvgIpc) is 2.36. The van der Waals surface area contributed by atoms with E-state index in [1.807, 2.05) is 6.92 Å². The highest BCUT2D eigenvalue weighted by molar-refractivity contribution is 5.75. The zero-order valence-electron chi connectivity index (χ0n) is 10.9. The molecule has 0 amide bonds. The number of nitrogens with zero attached hydrogens (tertiary/aromatic N) is 2. The van der Waals surface area contributed by atoms with Crippen LogP contribution in [0.3, 0.4) is 0 Å². The number of nitrogens with one attached hydrogen (secondary N) is 1. The molecule has 4 nitrogen and oxygen atoms in total. The van der Waals surface area contributed by atoms with Gasteiger partial charge in [-0.15, -0.1) is 0 Å².